The molecule has 1 aliphatic rings. The van der Waals surface area contributed by atoms with Crippen molar-refractivity contribution in [3.63, 3.8) is 0 Å². The van der Waals surface area contributed by atoms with Crippen molar-refractivity contribution in [1.29, 1.82) is 0 Å². The number of furan rings is 1. The molecule has 0 radical (unpaired) electrons. The summed E-state index contributed by atoms with van der Waals surface area (Å²) in [5.74, 6) is 0.611. The number of benzene rings is 2. The number of allylic oxidation sites excluding steroid dienone is 1. The number of carbonyl (C=O) groups excluding carboxylic acids is 2. The van der Waals surface area contributed by atoms with Gasteiger partial charge in [-0.05, 0) is 72.8 Å². The molecule has 0 unspecified atom stereocenters. The SMILES string of the molecule is O=C(C=Cc1ccco1)c1ccc(OCC(=O)N2CCN(S(=O)(=O)c3ccc(Cl)cc3)CC2)cc1. The van der Waals surface area contributed by atoms with Gasteiger partial charge in [0.15, 0.2) is 12.4 Å². The van der Waals surface area contributed by atoms with E-state index in [0.717, 1.165) is 0 Å². The maximum Gasteiger partial charge on any atom is 0.260 e. The average Bonchev–Trinajstić information content (AvgIpc) is 3.40. The van der Waals surface area contributed by atoms with Gasteiger partial charge in [-0.2, -0.15) is 4.31 Å². The van der Waals surface area contributed by atoms with E-state index in [1.807, 2.05) is 0 Å². The predicted octanol–water partition coefficient (Wildman–Crippen LogP) is 3.74. The number of hydrogen-bond donors (Lipinski definition) is 0. The summed E-state index contributed by atoms with van der Waals surface area (Å²) in [5.41, 5.74) is 0.476. The highest BCUT2D eigenvalue weighted by molar-refractivity contribution is 7.89. The van der Waals surface area contributed by atoms with Crippen molar-refractivity contribution in [3.8, 4) is 5.75 Å². The Bertz CT molecular complexity index is 1300. The van der Waals surface area contributed by atoms with Crippen LogP contribution in [0.15, 0.2) is 82.3 Å². The number of nitrogens with zero attached hydrogens (tertiary/aromatic N) is 2. The smallest absolute Gasteiger partial charge is 0.260 e. The van der Waals surface area contributed by atoms with Gasteiger partial charge < -0.3 is 14.1 Å². The topological polar surface area (TPSA) is 97.1 Å². The van der Waals surface area contributed by atoms with Crippen LogP contribution in [0.4, 0.5) is 0 Å². The first-order chi connectivity index (χ1) is 16.8. The Kier molecular flexibility index (Phi) is 7.70. The molecule has 0 spiro atoms. The lowest BCUT2D eigenvalue weighted by atomic mass is 10.1. The van der Waals surface area contributed by atoms with E-state index in [9.17, 15) is 18.0 Å². The maximum absolute atomic E-state index is 12.8. The first kappa shape index (κ1) is 24.7. The Balaban J connectivity index is 1.25. The van der Waals surface area contributed by atoms with E-state index in [-0.39, 0.29) is 49.4 Å². The molecule has 1 aliphatic heterocycles. The number of ketones is 1. The fourth-order valence-corrected chi connectivity index (χ4v) is 5.07. The maximum atomic E-state index is 12.8. The molecule has 3 aromatic rings. The van der Waals surface area contributed by atoms with Crippen LogP contribution in [0.25, 0.3) is 6.08 Å². The number of amides is 1. The van der Waals surface area contributed by atoms with Crippen molar-refractivity contribution in [2.45, 2.75) is 4.90 Å². The third kappa shape index (κ3) is 6.19. The third-order valence-corrected chi connectivity index (χ3v) is 7.65. The van der Waals surface area contributed by atoms with Gasteiger partial charge in [-0.3, -0.25) is 9.59 Å². The molecule has 2 heterocycles. The van der Waals surface area contributed by atoms with E-state index in [0.29, 0.717) is 22.1 Å². The van der Waals surface area contributed by atoms with Gasteiger partial charge in [-0.15, -0.1) is 0 Å². The Morgan fingerprint density at radius 2 is 1.66 bits per heavy atom. The van der Waals surface area contributed by atoms with Crippen LogP contribution >= 0.6 is 11.6 Å². The Labute approximate surface area is 208 Å². The lowest BCUT2D eigenvalue weighted by Gasteiger charge is -2.34. The van der Waals surface area contributed by atoms with Crippen LogP contribution in [0, 0.1) is 0 Å². The van der Waals surface area contributed by atoms with Crippen molar-refractivity contribution in [3.05, 3.63) is 89.3 Å². The average molecular weight is 515 g/mol. The number of piperazine rings is 1. The van der Waals surface area contributed by atoms with Gasteiger partial charge in [0.1, 0.15) is 11.5 Å². The minimum Gasteiger partial charge on any atom is -0.484 e. The summed E-state index contributed by atoms with van der Waals surface area (Å²) >= 11 is 5.84. The molecular formula is C25H23ClN2O6S. The summed E-state index contributed by atoms with van der Waals surface area (Å²) < 4.78 is 37.7. The van der Waals surface area contributed by atoms with Gasteiger partial charge in [0, 0.05) is 36.8 Å². The zero-order valence-corrected chi connectivity index (χ0v) is 20.2. The van der Waals surface area contributed by atoms with Gasteiger partial charge in [0.2, 0.25) is 10.0 Å². The zero-order valence-electron chi connectivity index (χ0n) is 18.7. The molecule has 0 N–H and O–H groups in total. The normalized spacial score (nSPS) is 14.8. The molecule has 8 nitrogen and oxygen atoms in total. The van der Waals surface area contributed by atoms with E-state index in [2.05, 4.69) is 0 Å². The van der Waals surface area contributed by atoms with Gasteiger partial charge in [0.05, 0.1) is 11.2 Å². The molecule has 1 aromatic heterocycles. The fourth-order valence-electron chi connectivity index (χ4n) is 3.53. The first-order valence-corrected chi connectivity index (χ1v) is 12.7. The largest absolute Gasteiger partial charge is 0.484 e. The summed E-state index contributed by atoms with van der Waals surface area (Å²) in [6.45, 7) is 0.739. The second kappa shape index (κ2) is 10.9. The molecule has 1 saturated heterocycles. The molecule has 1 fully saturated rings. The lowest BCUT2D eigenvalue weighted by Crippen LogP contribution is -2.51. The zero-order chi connectivity index (χ0) is 24.8. The van der Waals surface area contributed by atoms with Crippen LogP contribution in [0.5, 0.6) is 5.75 Å². The second-order valence-electron chi connectivity index (χ2n) is 7.76. The van der Waals surface area contributed by atoms with Gasteiger partial charge in [0.25, 0.3) is 5.91 Å². The van der Waals surface area contributed by atoms with Crippen LogP contribution < -0.4 is 4.74 Å². The van der Waals surface area contributed by atoms with E-state index >= 15 is 0 Å². The number of hydrogen-bond acceptors (Lipinski definition) is 6. The molecule has 1 amide bonds. The summed E-state index contributed by atoms with van der Waals surface area (Å²) in [7, 11) is -3.64. The fraction of sp³-hybridized carbons (Fsp3) is 0.200. The molecule has 4 rings (SSSR count). The second-order valence-corrected chi connectivity index (χ2v) is 10.1. The van der Waals surface area contributed by atoms with Crippen molar-refractivity contribution < 1.29 is 27.2 Å². The van der Waals surface area contributed by atoms with Crippen molar-refractivity contribution in [2.24, 2.45) is 0 Å². The summed E-state index contributed by atoms with van der Waals surface area (Å²) in [6, 6.07) is 16.0. The number of rotatable bonds is 8. The van der Waals surface area contributed by atoms with Crippen LogP contribution in [-0.4, -0.2) is 62.1 Å². The number of ether oxygens (including phenoxy) is 1. The molecule has 2 aromatic carbocycles. The third-order valence-electron chi connectivity index (χ3n) is 5.49. The van der Waals surface area contributed by atoms with E-state index in [1.165, 1.54) is 40.9 Å². The highest BCUT2D eigenvalue weighted by Gasteiger charge is 2.30. The van der Waals surface area contributed by atoms with Gasteiger partial charge in [-0.1, -0.05) is 11.6 Å². The van der Waals surface area contributed by atoms with E-state index in [1.54, 1.807) is 47.4 Å². The van der Waals surface area contributed by atoms with Crippen LogP contribution in [0.2, 0.25) is 5.02 Å². The number of carbonyl (C=O) groups is 2. The van der Waals surface area contributed by atoms with Gasteiger partial charge >= 0.3 is 0 Å². The highest BCUT2D eigenvalue weighted by atomic mass is 35.5. The summed E-state index contributed by atoms with van der Waals surface area (Å²) in [4.78, 5) is 26.5. The minimum absolute atomic E-state index is 0.170. The van der Waals surface area contributed by atoms with Crippen molar-refractivity contribution in [1.82, 2.24) is 9.21 Å². The van der Waals surface area contributed by atoms with Crippen LogP contribution in [-0.2, 0) is 14.8 Å². The predicted molar refractivity (Wildman–Crippen MR) is 131 cm³/mol. The summed E-state index contributed by atoms with van der Waals surface area (Å²) in [5, 5.41) is 0.461. The number of halogens is 1. The monoisotopic (exact) mass is 514 g/mol. The first-order valence-electron chi connectivity index (χ1n) is 10.9. The molecule has 0 atom stereocenters. The highest BCUT2D eigenvalue weighted by Crippen LogP contribution is 2.20. The Hall–Kier alpha value is -3.40. The minimum atomic E-state index is -3.64. The molecule has 10 heteroatoms. The molecule has 0 saturated carbocycles. The Morgan fingerprint density at radius 1 is 0.971 bits per heavy atom. The van der Waals surface area contributed by atoms with Gasteiger partial charge in [-0.25, -0.2) is 8.42 Å². The van der Waals surface area contributed by atoms with Crippen molar-refractivity contribution in [2.75, 3.05) is 32.8 Å². The molecule has 0 aliphatic carbocycles. The van der Waals surface area contributed by atoms with E-state index < -0.39 is 10.0 Å². The summed E-state index contributed by atoms with van der Waals surface area (Å²) in [6.07, 6.45) is 4.54. The molecular weight excluding hydrogens is 492 g/mol. The molecule has 0 bridgehead atoms. The quantitative estimate of drug-likeness (QED) is 0.335. The molecule has 182 valence electrons. The molecule has 35 heavy (non-hydrogen) atoms. The number of sulfonamides is 1. The standard InChI is InChI=1S/C25H23ClN2O6S/c26-20-5-10-23(11-6-20)35(31,32)28-15-13-27(14-16-28)25(30)18-34-22-7-3-19(4-8-22)24(29)12-9-21-2-1-17-33-21/h1-12,17H,13-16,18H2. The van der Waals surface area contributed by atoms with Crippen LogP contribution in [0.3, 0.4) is 0 Å². The van der Waals surface area contributed by atoms with Crippen LogP contribution in [0.1, 0.15) is 16.1 Å². The Morgan fingerprint density at radius 3 is 2.29 bits per heavy atom. The van der Waals surface area contributed by atoms with E-state index in [4.69, 9.17) is 20.8 Å². The van der Waals surface area contributed by atoms with Crippen molar-refractivity contribution >= 4 is 39.4 Å². The lowest BCUT2D eigenvalue weighted by molar-refractivity contribution is -0.134.